The minimum Gasteiger partial charge on any atom is -0.354 e. The van der Waals surface area contributed by atoms with Gasteiger partial charge in [0.15, 0.2) is 0 Å². The van der Waals surface area contributed by atoms with Gasteiger partial charge in [0, 0.05) is 24.8 Å². The molecule has 0 heterocycles. The van der Waals surface area contributed by atoms with E-state index in [1.807, 2.05) is 0 Å². The third kappa shape index (κ3) is 2.90. The first kappa shape index (κ1) is 16.8. The molecule has 26 heavy (non-hydrogen) atoms. The van der Waals surface area contributed by atoms with Crippen LogP contribution in [0.5, 0.6) is 0 Å². The maximum absolute atomic E-state index is 12.1. The highest BCUT2D eigenvalue weighted by molar-refractivity contribution is 5.84. The highest BCUT2D eigenvalue weighted by Gasteiger charge is 2.42. The number of carbonyl (C=O) groups excluding carboxylic acids is 2. The van der Waals surface area contributed by atoms with E-state index in [1.165, 1.54) is 22.3 Å². The highest BCUT2D eigenvalue weighted by atomic mass is 16.2. The van der Waals surface area contributed by atoms with Gasteiger partial charge in [-0.1, -0.05) is 55.5 Å². The lowest BCUT2D eigenvalue weighted by Gasteiger charge is -2.45. The normalized spacial score (nSPS) is 22.3. The molecule has 0 fully saturated rings. The van der Waals surface area contributed by atoms with Crippen LogP contribution in [0.25, 0.3) is 0 Å². The molecule has 4 nitrogen and oxygen atoms in total. The molecule has 4 heteroatoms. The largest absolute Gasteiger partial charge is 0.354 e. The standard InChI is InChI=1S/C22H24N2O2/c1-2-20(25)24-13-21(26)23-12-14-11-19-15-7-3-5-9-17(15)22(14)18-10-6-4-8-16(18)19/h3-10,14,19,22H,2,11-13H2,1H3,(H,23,26)(H,24,25). The quantitative estimate of drug-likeness (QED) is 0.873. The molecule has 0 aliphatic heterocycles. The SMILES string of the molecule is CCC(=O)NCC(=O)NCC1CC2c3ccccc3C1c1ccccc12. The summed E-state index contributed by atoms with van der Waals surface area (Å²) in [6, 6.07) is 17.4. The zero-order chi connectivity index (χ0) is 18.1. The van der Waals surface area contributed by atoms with Crippen LogP contribution in [-0.2, 0) is 9.59 Å². The minimum absolute atomic E-state index is 0.0562. The van der Waals surface area contributed by atoms with Crippen molar-refractivity contribution in [3.05, 3.63) is 70.8 Å². The van der Waals surface area contributed by atoms with E-state index >= 15 is 0 Å². The minimum atomic E-state index is -0.116. The number of hydrogen-bond acceptors (Lipinski definition) is 2. The van der Waals surface area contributed by atoms with E-state index in [0.717, 1.165) is 6.42 Å². The maximum Gasteiger partial charge on any atom is 0.239 e. The van der Waals surface area contributed by atoms with E-state index in [1.54, 1.807) is 6.92 Å². The molecule has 3 aliphatic carbocycles. The van der Waals surface area contributed by atoms with Gasteiger partial charge in [-0.2, -0.15) is 0 Å². The summed E-state index contributed by atoms with van der Waals surface area (Å²) in [5.41, 5.74) is 5.69. The second-order valence-corrected chi connectivity index (χ2v) is 7.22. The smallest absolute Gasteiger partial charge is 0.239 e. The average molecular weight is 348 g/mol. The van der Waals surface area contributed by atoms with Crippen LogP contribution in [0.1, 0.15) is 53.9 Å². The van der Waals surface area contributed by atoms with Gasteiger partial charge >= 0.3 is 0 Å². The molecule has 2 N–H and O–H groups in total. The Labute approximate surface area is 154 Å². The maximum atomic E-state index is 12.1. The molecule has 5 rings (SSSR count). The van der Waals surface area contributed by atoms with Crippen molar-refractivity contribution in [1.29, 1.82) is 0 Å². The van der Waals surface area contributed by atoms with Gasteiger partial charge in [0.2, 0.25) is 11.8 Å². The van der Waals surface area contributed by atoms with Gasteiger partial charge in [-0.25, -0.2) is 0 Å². The van der Waals surface area contributed by atoms with Gasteiger partial charge < -0.3 is 10.6 Å². The van der Waals surface area contributed by atoms with Crippen molar-refractivity contribution in [1.82, 2.24) is 10.6 Å². The monoisotopic (exact) mass is 348 g/mol. The Morgan fingerprint density at radius 2 is 1.46 bits per heavy atom. The van der Waals surface area contributed by atoms with Crippen LogP contribution < -0.4 is 10.6 Å². The number of fused-ring (bicyclic) bond motifs is 1. The fourth-order valence-corrected chi connectivity index (χ4v) is 4.57. The average Bonchev–Trinajstić information content (AvgIpc) is 2.70. The molecule has 0 saturated carbocycles. The van der Waals surface area contributed by atoms with Crippen LogP contribution in [-0.4, -0.2) is 24.9 Å². The Kier molecular flexibility index (Phi) is 4.49. The van der Waals surface area contributed by atoms with Gasteiger partial charge in [0.25, 0.3) is 0 Å². The van der Waals surface area contributed by atoms with E-state index in [9.17, 15) is 9.59 Å². The van der Waals surface area contributed by atoms with E-state index < -0.39 is 0 Å². The predicted molar refractivity (Wildman–Crippen MR) is 101 cm³/mol. The van der Waals surface area contributed by atoms with Crippen molar-refractivity contribution < 1.29 is 9.59 Å². The van der Waals surface area contributed by atoms with E-state index in [-0.39, 0.29) is 18.4 Å². The van der Waals surface area contributed by atoms with Crippen molar-refractivity contribution in [2.45, 2.75) is 31.6 Å². The predicted octanol–water partition coefficient (Wildman–Crippen LogP) is 2.93. The van der Waals surface area contributed by atoms with Crippen LogP contribution >= 0.6 is 0 Å². The number of carbonyl (C=O) groups is 2. The van der Waals surface area contributed by atoms with Crippen LogP contribution in [0, 0.1) is 5.92 Å². The van der Waals surface area contributed by atoms with Gasteiger partial charge in [-0.05, 0) is 34.6 Å². The molecule has 1 unspecified atom stereocenters. The third-order valence-electron chi connectivity index (χ3n) is 5.75. The third-order valence-corrected chi connectivity index (χ3v) is 5.75. The van der Waals surface area contributed by atoms with Crippen molar-refractivity contribution >= 4 is 11.8 Å². The van der Waals surface area contributed by atoms with Crippen LogP contribution in [0.15, 0.2) is 48.5 Å². The lowest BCUT2D eigenvalue weighted by molar-refractivity contribution is -0.126. The molecule has 2 aromatic carbocycles. The summed E-state index contributed by atoms with van der Waals surface area (Å²) in [4.78, 5) is 23.4. The van der Waals surface area contributed by atoms with E-state index in [2.05, 4.69) is 59.2 Å². The summed E-state index contributed by atoms with van der Waals surface area (Å²) >= 11 is 0. The van der Waals surface area contributed by atoms with Crippen LogP contribution in [0.4, 0.5) is 0 Å². The second kappa shape index (κ2) is 6.94. The molecule has 2 amide bonds. The van der Waals surface area contributed by atoms with Crippen LogP contribution in [0.3, 0.4) is 0 Å². The Morgan fingerprint density at radius 1 is 0.885 bits per heavy atom. The molecule has 2 bridgehead atoms. The summed E-state index contributed by atoms with van der Waals surface area (Å²) in [7, 11) is 0. The summed E-state index contributed by atoms with van der Waals surface area (Å²) in [5.74, 6) is 0.914. The van der Waals surface area contributed by atoms with E-state index in [0.29, 0.717) is 30.7 Å². The molecule has 0 saturated heterocycles. The number of nitrogens with one attached hydrogen (secondary N) is 2. The van der Waals surface area contributed by atoms with Gasteiger partial charge in [0.1, 0.15) is 0 Å². The molecule has 1 atom stereocenters. The molecule has 134 valence electrons. The fourth-order valence-electron chi connectivity index (χ4n) is 4.57. The zero-order valence-corrected chi connectivity index (χ0v) is 15.0. The first-order valence-electron chi connectivity index (χ1n) is 9.40. The first-order valence-corrected chi connectivity index (χ1v) is 9.40. The summed E-state index contributed by atoms with van der Waals surface area (Å²) in [6.07, 6.45) is 1.45. The zero-order valence-electron chi connectivity index (χ0n) is 15.0. The number of rotatable bonds is 5. The Morgan fingerprint density at radius 3 is 2.04 bits per heavy atom. The number of amides is 2. The molecule has 3 aliphatic rings. The molecule has 0 aromatic heterocycles. The molecule has 0 spiro atoms. The van der Waals surface area contributed by atoms with Crippen LogP contribution in [0.2, 0.25) is 0 Å². The number of benzene rings is 2. The van der Waals surface area contributed by atoms with E-state index in [4.69, 9.17) is 0 Å². The summed E-state index contributed by atoms with van der Waals surface area (Å²) in [6.45, 7) is 2.48. The Hall–Kier alpha value is -2.62. The van der Waals surface area contributed by atoms with Crippen molar-refractivity contribution in [2.75, 3.05) is 13.1 Å². The molecular weight excluding hydrogens is 324 g/mol. The van der Waals surface area contributed by atoms with Gasteiger partial charge in [-0.15, -0.1) is 0 Å². The molecule has 0 radical (unpaired) electrons. The first-order chi connectivity index (χ1) is 12.7. The van der Waals surface area contributed by atoms with Crippen molar-refractivity contribution in [3.8, 4) is 0 Å². The summed E-state index contributed by atoms with van der Waals surface area (Å²) in [5, 5.41) is 5.66. The lowest BCUT2D eigenvalue weighted by Crippen LogP contribution is -2.42. The Bertz CT molecular complexity index is 798. The fraction of sp³-hybridized carbons (Fsp3) is 0.364. The molecular formula is C22H24N2O2. The summed E-state index contributed by atoms with van der Waals surface area (Å²) < 4.78 is 0. The Balaban J connectivity index is 1.51. The lowest BCUT2D eigenvalue weighted by atomic mass is 9.59. The van der Waals surface area contributed by atoms with Gasteiger partial charge in [0.05, 0.1) is 6.54 Å². The topological polar surface area (TPSA) is 58.2 Å². The molecule has 2 aromatic rings. The number of hydrogen-bond donors (Lipinski definition) is 2. The van der Waals surface area contributed by atoms with Crippen molar-refractivity contribution in [3.63, 3.8) is 0 Å². The van der Waals surface area contributed by atoms with Crippen molar-refractivity contribution in [2.24, 2.45) is 5.92 Å². The highest BCUT2D eigenvalue weighted by Crippen LogP contribution is 2.54. The van der Waals surface area contributed by atoms with Gasteiger partial charge in [-0.3, -0.25) is 9.59 Å². The second-order valence-electron chi connectivity index (χ2n) is 7.22.